The fraction of sp³-hybridized carbons (Fsp3) is 0.412. The number of hydrogen-bond donors (Lipinski definition) is 1. The summed E-state index contributed by atoms with van der Waals surface area (Å²) >= 11 is 0. The number of likely N-dealkylation sites (N-methyl/N-ethyl adjacent to an activating group) is 1. The van der Waals surface area contributed by atoms with Crippen molar-refractivity contribution in [2.24, 2.45) is 0 Å². The first-order chi connectivity index (χ1) is 10.8. The van der Waals surface area contributed by atoms with Gasteiger partial charge in [0.05, 0.1) is 6.33 Å². The van der Waals surface area contributed by atoms with Gasteiger partial charge in [-0.2, -0.15) is 0 Å². The molecule has 0 bridgehead atoms. The van der Waals surface area contributed by atoms with Gasteiger partial charge in [0.2, 0.25) is 0 Å². The quantitative estimate of drug-likeness (QED) is 0.940. The van der Waals surface area contributed by atoms with Crippen LogP contribution in [0.2, 0.25) is 0 Å². The summed E-state index contributed by atoms with van der Waals surface area (Å²) in [7, 11) is 0. The molecule has 3 rings (SSSR count). The zero-order chi connectivity index (χ0) is 15.4. The van der Waals surface area contributed by atoms with Gasteiger partial charge in [-0.1, -0.05) is 13.0 Å². The van der Waals surface area contributed by atoms with Gasteiger partial charge in [-0.05, 0) is 44.1 Å². The Bertz CT molecular complexity index is 623. The first kappa shape index (κ1) is 14.8. The minimum absolute atomic E-state index is 0.00455. The molecule has 1 aromatic heterocycles. The molecule has 5 nitrogen and oxygen atoms in total. The third-order valence-corrected chi connectivity index (χ3v) is 4.20. The molecule has 0 aliphatic carbocycles. The molecule has 1 aliphatic rings. The average molecular weight is 298 g/mol. The van der Waals surface area contributed by atoms with E-state index >= 15 is 0 Å². The highest BCUT2D eigenvalue weighted by Crippen LogP contribution is 2.13. The van der Waals surface area contributed by atoms with Crippen LogP contribution in [-0.2, 0) is 0 Å². The number of nitrogens with one attached hydrogen (secondary N) is 1. The molecule has 1 fully saturated rings. The van der Waals surface area contributed by atoms with Gasteiger partial charge in [-0.15, -0.1) is 0 Å². The Morgan fingerprint density at radius 3 is 3.14 bits per heavy atom. The Morgan fingerprint density at radius 1 is 1.45 bits per heavy atom. The number of benzene rings is 1. The number of nitrogens with zero attached hydrogens (tertiary/aromatic N) is 3. The van der Waals surface area contributed by atoms with E-state index in [9.17, 15) is 4.79 Å². The Hall–Kier alpha value is -2.14. The monoisotopic (exact) mass is 298 g/mol. The predicted molar refractivity (Wildman–Crippen MR) is 86.2 cm³/mol. The second-order valence-electron chi connectivity index (χ2n) is 5.73. The third-order valence-electron chi connectivity index (χ3n) is 4.20. The zero-order valence-electron chi connectivity index (χ0n) is 12.9. The number of carbonyl (C=O) groups excluding carboxylic acids is 1. The van der Waals surface area contributed by atoms with E-state index in [1.807, 2.05) is 35.0 Å². The molecule has 22 heavy (non-hydrogen) atoms. The molecule has 0 saturated carbocycles. The molecular formula is C17H22N4O. The molecule has 1 amide bonds. The van der Waals surface area contributed by atoms with Crippen LogP contribution in [0.1, 0.15) is 30.1 Å². The molecule has 0 spiro atoms. The molecule has 2 heterocycles. The molecule has 116 valence electrons. The molecule has 1 atom stereocenters. The zero-order valence-corrected chi connectivity index (χ0v) is 12.9. The van der Waals surface area contributed by atoms with E-state index in [2.05, 4.69) is 22.1 Å². The number of carbonyl (C=O) groups is 1. The van der Waals surface area contributed by atoms with Crippen molar-refractivity contribution in [1.29, 1.82) is 0 Å². The van der Waals surface area contributed by atoms with E-state index < -0.39 is 0 Å². The lowest BCUT2D eigenvalue weighted by atomic mass is 10.0. The normalized spacial score (nSPS) is 19.0. The van der Waals surface area contributed by atoms with Crippen molar-refractivity contribution in [3.8, 4) is 5.69 Å². The summed E-state index contributed by atoms with van der Waals surface area (Å²) < 4.78 is 1.90. The van der Waals surface area contributed by atoms with Crippen molar-refractivity contribution in [2.45, 2.75) is 25.8 Å². The molecule has 5 heteroatoms. The fourth-order valence-electron chi connectivity index (χ4n) is 2.95. The standard InChI is InChI=1S/C17H22N4O/c1-2-20-9-4-6-15(12-20)19-17(22)14-5-3-7-16(11-14)21-10-8-18-13-21/h3,5,7-8,10-11,13,15H,2,4,6,9,12H2,1H3,(H,19,22). The molecule has 1 saturated heterocycles. The van der Waals surface area contributed by atoms with E-state index in [0.717, 1.165) is 38.2 Å². The number of likely N-dealkylation sites (tertiary alicyclic amines) is 1. The number of amides is 1. The van der Waals surface area contributed by atoms with Gasteiger partial charge in [-0.25, -0.2) is 4.98 Å². The SMILES string of the molecule is CCN1CCCC(NC(=O)c2cccc(-n3ccnc3)c2)C1. The molecule has 1 aliphatic heterocycles. The Kier molecular flexibility index (Phi) is 4.53. The van der Waals surface area contributed by atoms with E-state index in [1.165, 1.54) is 0 Å². The van der Waals surface area contributed by atoms with Crippen LogP contribution in [0.15, 0.2) is 43.0 Å². The largest absolute Gasteiger partial charge is 0.348 e. The van der Waals surface area contributed by atoms with Crippen LogP contribution in [-0.4, -0.2) is 46.0 Å². The van der Waals surface area contributed by atoms with E-state index in [0.29, 0.717) is 5.56 Å². The van der Waals surface area contributed by atoms with Crippen molar-refractivity contribution in [3.05, 3.63) is 48.5 Å². The smallest absolute Gasteiger partial charge is 0.251 e. The molecule has 1 N–H and O–H groups in total. The van der Waals surface area contributed by atoms with Crippen LogP contribution < -0.4 is 5.32 Å². The molecular weight excluding hydrogens is 276 g/mol. The van der Waals surface area contributed by atoms with Gasteiger partial charge in [0.15, 0.2) is 0 Å². The van der Waals surface area contributed by atoms with Gasteiger partial charge in [0.1, 0.15) is 0 Å². The number of piperidine rings is 1. The molecule has 1 unspecified atom stereocenters. The lowest BCUT2D eigenvalue weighted by Gasteiger charge is -2.32. The highest BCUT2D eigenvalue weighted by Gasteiger charge is 2.20. The van der Waals surface area contributed by atoms with E-state index in [4.69, 9.17) is 0 Å². The van der Waals surface area contributed by atoms with Crippen molar-refractivity contribution in [2.75, 3.05) is 19.6 Å². The lowest BCUT2D eigenvalue weighted by Crippen LogP contribution is -2.47. The van der Waals surface area contributed by atoms with Crippen LogP contribution in [0.5, 0.6) is 0 Å². The summed E-state index contributed by atoms with van der Waals surface area (Å²) in [6.07, 6.45) is 7.54. The Morgan fingerprint density at radius 2 is 2.36 bits per heavy atom. The number of aromatic nitrogens is 2. The first-order valence-corrected chi connectivity index (χ1v) is 7.88. The van der Waals surface area contributed by atoms with Crippen LogP contribution in [0.3, 0.4) is 0 Å². The van der Waals surface area contributed by atoms with Crippen molar-refractivity contribution >= 4 is 5.91 Å². The lowest BCUT2D eigenvalue weighted by molar-refractivity contribution is 0.0906. The second-order valence-corrected chi connectivity index (χ2v) is 5.73. The maximum Gasteiger partial charge on any atom is 0.251 e. The predicted octanol–water partition coefficient (Wildman–Crippen LogP) is 2.09. The molecule has 1 aromatic carbocycles. The van der Waals surface area contributed by atoms with Crippen LogP contribution in [0.25, 0.3) is 5.69 Å². The summed E-state index contributed by atoms with van der Waals surface area (Å²) in [6.45, 7) is 5.30. The number of hydrogen-bond acceptors (Lipinski definition) is 3. The van der Waals surface area contributed by atoms with Crippen molar-refractivity contribution in [1.82, 2.24) is 19.8 Å². The average Bonchev–Trinajstić information content (AvgIpc) is 3.09. The van der Waals surface area contributed by atoms with Crippen LogP contribution in [0.4, 0.5) is 0 Å². The number of imidazole rings is 1. The Balaban J connectivity index is 1.68. The van der Waals surface area contributed by atoms with Crippen molar-refractivity contribution in [3.63, 3.8) is 0 Å². The van der Waals surface area contributed by atoms with Gasteiger partial charge in [-0.3, -0.25) is 4.79 Å². The minimum Gasteiger partial charge on any atom is -0.348 e. The summed E-state index contributed by atoms with van der Waals surface area (Å²) in [5.74, 6) is 0.00455. The van der Waals surface area contributed by atoms with Crippen LogP contribution in [0, 0.1) is 0 Å². The molecule has 2 aromatic rings. The maximum atomic E-state index is 12.5. The second kappa shape index (κ2) is 6.75. The van der Waals surface area contributed by atoms with Gasteiger partial charge in [0.25, 0.3) is 5.91 Å². The van der Waals surface area contributed by atoms with Gasteiger partial charge in [0, 0.05) is 36.2 Å². The van der Waals surface area contributed by atoms with E-state index in [-0.39, 0.29) is 11.9 Å². The summed E-state index contributed by atoms with van der Waals surface area (Å²) in [5.41, 5.74) is 1.64. The Labute approximate surface area is 131 Å². The minimum atomic E-state index is 0.00455. The summed E-state index contributed by atoms with van der Waals surface area (Å²) in [4.78, 5) is 18.9. The topological polar surface area (TPSA) is 50.2 Å². The highest BCUT2D eigenvalue weighted by atomic mass is 16.1. The fourth-order valence-corrected chi connectivity index (χ4v) is 2.95. The third kappa shape index (κ3) is 3.36. The van der Waals surface area contributed by atoms with E-state index in [1.54, 1.807) is 12.5 Å². The molecule has 0 radical (unpaired) electrons. The number of rotatable bonds is 4. The van der Waals surface area contributed by atoms with Crippen molar-refractivity contribution < 1.29 is 4.79 Å². The maximum absolute atomic E-state index is 12.5. The van der Waals surface area contributed by atoms with Gasteiger partial charge < -0.3 is 14.8 Å². The first-order valence-electron chi connectivity index (χ1n) is 7.88. The summed E-state index contributed by atoms with van der Waals surface area (Å²) in [5, 5.41) is 3.17. The van der Waals surface area contributed by atoms with Gasteiger partial charge >= 0.3 is 0 Å². The van der Waals surface area contributed by atoms with Crippen LogP contribution >= 0.6 is 0 Å². The highest BCUT2D eigenvalue weighted by molar-refractivity contribution is 5.94. The summed E-state index contributed by atoms with van der Waals surface area (Å²) in [6, 6.07) is 7.88.